The van der Waals surface area contributed by atoms with Crippen molar-refractivity contribution in [3.63, 3.8) is 0 Å². The van der Waals surface area contributed by atoms with Crippen molar-refractivity contribution in [1.82, 2.24) is 5.32 Å². The zero-order chi connectivity index (χ0) is 16.1. The van der Waals surface area contributed by atoms with E-state index in [1.165, 1.54) is 0 Å². The fraction of sp³-hybridized carbons (Fsp3) is 0.562. The maximum absolute atomic E-state index is 12.1. The predicted octanol–water partition coefficient (Wildman–Crippen LogP) is 0.494. The van der Waals surface area contributed by atoms with E-state index in [2.05, 4.69) is 5.32 Å². The molecule has 1 aromatic carbocycles. The summed E-state index contributed by atoms with van der Waals surface area (Å²) in [6.45, 7) is -0.0524. The molecule has 0 radical (unpaired) electrons. The van der Waals surface area contributed by atoms with Gasteiger partial charge in [-0.3, -0.25) is 4.79 Å². The second-order valence-corrected chi connectivity index (χ2v) is 5.61. The zero-order valence-corrected chi connectivity index (χ0v) is 12.9. The van der Waals surface area contributed by atoms with E-state index in [0.717, 1.165) is 5.56 Å². The minimum Gasteiger partial charge on any atom is -0.493 e. The van der Waals surface area contributed by atoms with Gasteiger partial charge < -0.3 is 25.0 Å². The highest BCUT2D eigenvalue weighted by atomic mass is 16.5. The molecule has 122 valence electrons. The number of methoxy groups -OCH3 is 2. The summed E-state index contributed by atoms with van der Waals surface area (Å²) < 4.78 is 10.4. The molecule has 1 fully saturated rings. The first-order chi connectivity index (χ1) is 10.6. The van der Waals surface area contributed by atoms with Crippen LogP contribution in [0.5, 0.6) is 11.5 Å². The van der Waals surface area contributed by atoms with Gasteiger partial charge in [-0.15, -0.1) is 0 Å². The molecule has 3 N–H and O–H groups in total. The Morgan fingerprint density at radius 1 is 1.27 bits per heavy atom. The summed E-state index contributed by atoms with van der Waals surface area (Å²) >= 11 is 0. The number of amides is 1. The second kappa shape index (κ2) is 7.47. The Morgan fingerprint density at radius 3 is 2.59 bits per heavy atom. The van der Waals surface area contributed by atoms with E-state index in [0.29, 0.717) is 24.3 Å². The Morgan fingerprint density at radius 2 is 2.00 bits per heavy atom. The largest absolute Gasteiger partial charge is 0.493 e. The summed E-state index contributed by atoms with van der Waals surface area (Å²) in [4.78, 5) is 12.1. The molecule has 6 nitrogen and oxygen atoms in total. The third-order valence-corrected chi connectivity index (χ3v) is 4.07. The fourth-order valence-corrected chi connectivity index (χ4v) is 2.87. The van der Waals surface area contributed by atoms with Crippen LogP contribution in [0.15, 0.2) is 18.2 Å². The van der Waals surface area contributed by atoms with E-state index in [4.69, 9.17) is 14.6 Å². The maximum Gasteiger partial charge on any atom is 0.224 e. The predicted molar refractivity (Wildman–Crippen MR) is 81.0 cm³/mol. The first-order valence-corrected chi connectivity index (χ1v) is 7.36. The molecule has 1 aliphatic carbocycles. The molecule has 6 heteroatoms. The maximum atomic E-state index is 12.1. The summed E-state index contributed by atoms with van der Waals surface area (Å²) in [7, 11) is 3.11. The average molecular weight is 309 g/mol. The number of hydrogen-bond donors (Lipinski definition) is 3. The van der Waals surface area contributed by atoms with Crippen LogP contribution in [0.4, 0.5) is 0 Å². The number of ether oxygens (including phenoxy) is 2. The van der Waals surface area contributed by atoms with Crippen LogP contribution in [-0.4, -0.2) is 49.1 Å². The minimum atomic E-state index is -0.545. The third kappa shape index (κ3) is 3.90. The van der Waals surface area contributed by atoms with Crippen molar-refractivity contribution in [3.05, 3.63) is 23.8 Å². The molecule has 2 rings (SSSR count). The molecule has 3 atom stereocenters. The van der Waals surface area contributed by atoms with Crippen LogP contribution in [0.1, 0.15) is 18.4 Å². The number of hydrogen-bond acceptors (Lipinski definition) is 5. The van der Waals surface area contributed by atoms with E-state index in [9.17, 15) is 9.90 Å². The van der Waals surface area contributed by atoms with Crippen LogP contribution in [0.3, 0.4) is 0 Å². The molecule has 0 unspecified atom stereocenters. The molecule has 0 saturated heterocycles. The van der Waals surface area contributed by atoms with Gasteiger partial charge in [-0.25, -0.2) is 0 Å². The van der Waals surface area contributed by atoms with E-state index >= 15 is 0 Å². The smallest absolute Gasteiger partial charge is 0.224 e. The summed E-state index contributed by atoms with van der Waals surface area (Å²) in [5.41, 5.74) is 0.826. The quantitative estimate of drug-likeness (QED) is 0.712. The van der Waals surface area contributed by atoms with Crippen molar-refractivity contribution in [2.24, 2.45) is 5.92 Å². The Kier molecular flexibility index (Phi) is 5.63. The summed E-state index contributed by atoms with van der Waals surface area (Å²) in [6.07, 6.45) is 0.783. The molecule has 0 spiro atoms. The topological polar surface area (TPSA) is 88.0 Å². The third-order valence-electron chi connectivity index (χ3n) is 4.07. The summed E-state index contributed by atoms with van der Waals surface area (Å²) in [5, 5.41) is 21.8. The molecule has 1 aliphatic rings. The van der Waals surface area contributed by atoms with Crippen molar-refractivity contribution < 1.29 is 24.5 Å². The van der Waals surface area contributed by atoms with Crippen molar-refractivity contribution in [1.29, 1.82) is 0 Å². The molecule has 0 aliphatic heterocycles. The lowest BCUT2D eigenvalue weighted by molar-refractivity contribution is -0.121. The van der Waals surface area contributed by atoms with Gasteiger partial charge in [-0.05, 0) is 30.5 Å². The lowest BCUT2D eigenvalue weighted by atomic mass is 10.1. The minimum absolute atomic E-state index is 0.0524. The van der Waals surface area contributed by atoms with Crippen LogP contribution >= 0.6 is 0 Å². The van der Waals surface area contributed by atoms with Crippen LogP contribution < -0.4 is 14.8 Å². The monoisotopic (exact) mass is 309 g/mol. The van der Waals surface area contributed by atoms with Crippen LogP contribution in [0.2, 0.25) is 0 Å². The molecule has 0 aromatic heterocycles. The number of carbonyl (C=O) groups is 1. The molecule has 1 amide bonds. The van der Waals surface area contributed by atoms with E-state index in [1.54, 1.807) is 26.4 Å². The number of aliphatic hydroxyl groups excluding tert-OH is 2. The molecular weight excluding hydrogens is 286 g/mol. The molecule has 1 saturated carbocycles. The Labute approximate surface area is 130 Å². The lowest BCUT2D eigenvalue weighted by Crippen LogP contribution is -2.34. The average Bonchev–Trinajstić information content (AvgIpc) is 2.86. The normalized spacial score (nSPS) is 24.1. The molecular formula is C16H23NO5. The number of nitrogens with one attached hydrogen (secondary N) is 1. The molecule has 1 aromatic rings. The fourth-order valence-electron chi connectivity index (χ4n) is 2.87. The number of benzene rings is 1. The number of rotatable bonds is 6. The van der Waals surface area contributed by atoms with Crippen LogP contribution in [0.25, 0.3) is 0 Å². The number of carbonyl (C=O) groups excluding carboxylic acids is 1. The molecule has 0 heterocycles. The SMILES string of the molecule is COc1ccc(CC(=O)N[C@H]2C[C@H](CO)[C@H](O)C2)cc1OC. The Balaban J connectivity index is 1.92. The van der Waals surface area contributed by atoms with E-state index < -0.39 is 6.10 Å². The lowest BCUT2D eigenvalue weighted by Gasteiger charge is -2.13. The van der Waals surface area contributed by atoms with Crippen molar-refractivity contribution >= 4 is 5.91 Å². The van der Waals surface area contributed by atoms with Crippen LogP contribution in [-0.2, 0) is 11.2 Å². The first-order valence-electron chi connectivity index (χ1n) is 7.36. The standard InChI is InChI=1S/C16H23NO5/c1-21-14-4-3-10(5-15(14)22-2)6-16(20)17-12-7-11(9-18)13(19)8-12/h3-5,11-13,18-19H,6-9H2,1-2H3,(H,17,20)/t11-,12+,13-/m1/s1. The zero-order valence-electron chi connectivity index (χ0n) is 12.9. The van der Waals surface area contributed by atoms with Gasteiger partial charge in [0.2, 0.25) is 5.91 Å². The Hall–Kier alpha value is -1.79. The Bertz CT molecular complexity index is 519. The van der Waals surface area contributed by atoms with Gasteiger partial charge in [-0.2, -0.15) is 0 Å². The highest BCUT2D eigenvalue weighted by molar-refractivity contribution is 5.79. The number of aliphatic hydroxyl groups is 2. The van der Waals surface area contributed by atoms with Gasteiger partial charge in [0.05, 0.1) is 26.7 Å². The van der Waals surface area contributed by atoms with Gasteiger partial charge in [0.1, 0.15) is 0 Å². The van der Waals surface area contributed by atoms with E-state index in [-0.39, 0.29) is 30.9 Å². The van der Waals surface area contributed by atoms with Gasteiger partial charge in [0.15, 0.2) is 11.5 Å². The second-order valence-electron chi connectivity index (χ2n) is 5.61. The van der Waals surface area contributed by atoms with Gasteiger partial charge in [0.25, 0.3) is 0 Å². The van der Waals surface area contributed by atoms with Gasteiger partial charge in [0, 0.05) is 18.6 Å². The summed E-state index contributed by atoms with van der Waals surface area (Å²) in [6, 6.07) is 5.28. The van der Waals surface area contributed by atoms with Crippen molar-refractivity contribution in [2.45, 2.75) is 31.4 Å². The van der Waals surface area contributed by atoms with E-state index in [1.807, 2.05) is 6.07 Å². The van der Waals surface area contributed by atoms with Crippen molar-refractivity contribution in [2.75, 3.05) is 20.8 Å². The molecule has 22 heavy (non-hydrogen) atoms. The van der Waals surface area contributed by atoms with Gasteiger partial charge in [-0.1, -0.05) is 6.07 Å². The van der Waals surface area contributed by atoms with Crippen LogP contribution in [0, 0.1) is 5.92 Å². The molecule has 0 bridgehead atoms. The first kappa shape index (κ1) is 16.6. The highest BCUT2D eigenvalue weighted by Crippen LogP contribution is 2.28. The summed E-state index contributed by atoms with van der Waals surface area (Å²) in [5.74, 6) is 0.954. The van der Waals surface area contributed by atoms with Gasteiger partial charge >= 0.3 is 0 Å². The highest BCUT2D eigenvalue weighted by Gasteiger charge is 2.33. The van der Waals surface area contributed by atoms with Crippen molar-refractivity contribution in [3.8, 4) is 11.5 Å².